The Labute approximate surface area is 126 Å². The Hall–Kier alpha value is -2.21. The van der Waals surface area contributed by atoms with Crippen molar-refractivity contribution in [3.63, 3.8) is 0 Å². The molecule has 0 atom stereocenters. The van der Waals surface area contributed by atoms with Crippen LogP contribution < -0.4 is 15.4 Å². The number of ether oxygens (including phenoxy) is 1. The Balaban J connectivity index is 1.96. The molecule has 0 bridgehead atoms. The third-order valence-corrected chi connectivity index (χ3v) is 3.03. The number of para-hydroxylation sites is 1. The maximum absolute atomic E-state index is 13.5. The molecular formula is C15H14F2N2OS. The van der Waals surface area contributed by atoms with Gasteiger partial charge in [-0.15, -0.1) is 0 Å². The summed E-state index contributed by atoms with van der Waals surface area (Å²) in [6.45, 7) is 0.416. The monoisotopic (exact) mass is 308 g/mol. The first-order chi connectivity index (χ1) is 10.1. The van der Waals surface area contributed by atoms with Crippen LogP contribution in [0.4, 0.5) is 14.5 Å². The predicted octanol–water partition coefficient (Wildman–Crippen LogP) is 3.46. The number of halogens is 2. The van der Waals surface area contributed by atoms with E-state index in [-0.39, 0.29) is 10.8 Å². The van der Waals surface area contributed by atoms with Gasteiger partial charge >= 0.3 is 0 Å². The molecule has 0 aliphatic carbocycles. The van der Waals surface area contributed by atoms with Gasteiger partial charge in [-0.05, 0) is 42.0 Å². The van der Waals surface area contributed by atoms with Crippen molar-refractivity contribution in [1.82, 2.24) is 5.32 Å². The summed E-state index contributed by atoms with van der Waals surface area (Å²) in [5.41, 5.74) is 0.674. The molecule has 0 heterocycles. The average molecular weight is 308 g/mol. The fraction of sp³-hybridized carbons (Fsp3) is 0.133. The highest BCUT2D eigenvalue weighted by molar-refractivity contribution is 7.80. The van der Waals surface area contributed by atoms with Gasteiger partial charge in [0.2, 0.25) is 0 Å². The molecule has 0 unspecified atom stereocenters. The summed E-state index contributed by atoms with van der Waals surface area (Å²) in [7, 11) is 1.58. The van der Waals surface area contributed by atoms with E-state index in [0.29, 0.717) is 6.54 Å². The SMILES string of the molecule is COc1cccc(CNC(=S)Nc2c(F)cccc2F)c1. The topological polar surface area (TPSA) is 33.3 Å². The lowest BCUT2D eigenvalue weighted by Crippen LogP contribution is -2.28. The lowest BCUT2D eigenvalue weighted by molar-refractivity contribution is 0.414. The summed E-state index contributed by atoms with van der Waals surface area (Å²) >= 11 is 5.03. The van der Waals surface area contributed by atoms with Crippen LogP contribution in [0.3, 0.4) is 0 Å². The van der Waals surface area contributed by atoms with Crippen molar-refractivity contribution in [3.05, 3.63) is 59.7 Å². The summed E-state index contributed by atoms with van der Waals surface area (Å²) in [5.74, 6) is -0.658. The molecule has 0 saturated carbocycles. The van der Waals surface area contributed by atoms with Crippen LogP contribution in [0.5, 0.6) is 5.75 Å². The number of benzene rings is 2. The van der Waals surface area contributed by atoms with Crippen LogP contribution in [0.25, 0.3) is 0 Å². The highest BCUT2D eigenvalue weighted by Crippen LogP contribution is 2.18. The fourth-order valence-corrected chi connectivity index (χ4v) is 1.91. The van der Waals surface area contributed by atoms with E-state index in [9.17, 15) is 8.78 Å². The smallest absolute Gasteiger partial charge is 0.171 e. The van der Waals surface area contributed by atoms with Crippen molar-refractivity contribution in [1.29, 1.82) is 0 Å². The Kier molecular flexibility index (Phi) is 5.05. The van der Waals surface area contributed by atoms with Crippen LogP contribution in [-0.2, 0) is 6.54 Å². The largest absolute Gasteiger partial charge is 0.497 e. The van der Waals surface area contributed by atoms with E-state index in [1.807, 2.05) is 24.3 Å². The van der Waals surface area contributed by atoms with Gasteiger partial charge in [0.1, 0.15) is 23.1 Å². The van der Waals surface area contributed by atoms with Crippen molar-refractivity contribution in [3.8, 4) is 5.75 Å². The van der Waals surface area contributed by atoms with Crippen LogP contribution in [-0.4, -0.2) is 12.2 Å². The highest BCUT2D eigenvalue weighted by atomic mass is 32.1. The van der Waals surface area contributed by atoms with Gasteiger partial charge in [0, 0.05) is 6.54 Å². The molecule has 3 nitrogen and oxygen atoms in total. The van der Waals surface area contributed by atoms with Crippen molar-refractivity contribution in [2.24, 2.45) is 0 Å². The highest BCUT2D eigenvalue weighted by Gasteiger charge is 2.09. The maximum atomic E-state index is 13.5. The average Bonchev–Trinajstić information content (AvgIpc) is 2.49. The number of rotatable bonds is 4. The number of hydrogen-bond donors (Lipinski definition) is 2. The fourth-order valence-electron chi connectivity index (χ4n) is 1.74. The molecule has 2 rings (SSSR count). The molecule has 0 spiro atoms. The minimum absolute atomic E-state index is 0.141. The lowest BCUT2D eigenvalue weighted by atomic mass is 10.2. The second kappa shape index (κ2) is 6.99. The molecule has 0 aliphatic rings. The van der Waals surface area contributed by atoms with E-state index in [2.05, 4.69) is 10.6 Å². The summed E-state index contributed by atoms with van der Waals surface area (Å²) < 4.78 is 32.0. The van der Waals surface area contributed by atoms with E-state index in [1.165, 1.54) is 6.07 Å². The van der Waals surface area contributed by atoms with E-state index >= 15 is 0 Å². The molecule has 0 fully saturated rings. The second-order valence-corrected chi connectivity index (χ2v) is 4.66. The Morgan fingerprint density at radius 1 is 1.14 bits per heavy atom. The van der Waals surface area contributed by atoms with Gasteiger partial charge in [-0.25, -0.2) is 8.78 Å². The van der Waals surface area contributed by atoms with Crippen LogP contribution in [0, 0.1) is 11.6 Å². The minimum Gasteiger partial charge on any atom is -0.497 e. The van der Waals surface area contributed by atoms with Crippen LogP contribution >= 0.6 is 12.2 Å². The van der Waals surface area contributed by atoms with Gasteiger partial charge in [0.25, 0.3) is 0 Å². The summed E-state index contributed by atoms with van der Waals surface area (Å²) in [6, 6.07) is 11.0. The van der Waals surface area contributed by atoms with Crippen molar-refractivity contribution >= 4 is 23.0 Å². The Morgan fingerprint density at radius 2 is 1.81 bits per heavy atom. The molecule has 0 amide bonds. The lowest BCUT2D eigenvalue weighted by Gasteiger charge is -2.12. The van der Waals surface area contributed by atoms with Gasteiger partial charge in [-0.3, -0.25) is 0 Å². The minimum atomic E-state index is -0.694. The van der Waals surface area contributed by atoms with Crippen LogP contribution in [0.15, 0.2) is 42.5 Å². The summed E-state index contributed by atoms with van der Waals surface area (Å²) in [6.07, 6.45) is 0. The van der Waals surface area contributed by atoms with Gasteiger partial charge in [0.05, 0.1) is 7.11 Å². The van der Waals surface area contributed by atoms with Gasteiger partial charge in [-0.2, -0.15) is 0 Å². The third-order valence-electron chi connectivity index (χ3n) is 2.79. The van der Waals surface area contributed by atoms with E-state index in [4.69, 9.17) is 17.0 Å². The molecule has 0 radical (unpaired) electrons. The standard InChI is InChI=1S/C15H14F2N2OS/c1-20-11-5-2-4-10(8-11)9-18-15(21)19-14-12(16)6-3-7-13(14)17/h2-8H,9H2,1H3,(H2,18,19,21). The Morgan fingerprint density at radius 3 is 2.48 bits per heavy atom. The van der Waals surface area contributed by atoms with Crippen molar-refractivity contribution in [2.45, 2.75) is 6.54 Å². The van der Waals surface area contributed by atoms with Crippen molar-refractivity contribution < 1.29 is 13.5 Å². The molecule has 2 aromatic carbocycles. The van der Waals surface area contributed by atoms with Crippen molar-refractivity contribution in [2.75, 3.05) is 12.4 Å². The molecule has 0 aromatic heterocycles. The molecule has 0 aliphatic heterocycles. The van der Waals surface area contributed by atoms with Crippen LogP contribution in [0.2, 0.25) is 0 Å². The quantitative estimate of drug-likeness (QED) is 0.848. The first-order valence-corrected chi connectivity index (χ1v) is 6.63. The Bertz CT molecular complexity index is 629. The molecule has 2 aromatic rings. The number of methoxy groups -OCH3 is 1. The zero-order valence-corrected chi connectivity index (χ0v) is 12.1. The molecule has 110 valence electrons. The summed E-state index contributed by atoms with van der Waals surface area (Å²) in [5, 5.41) is 5.54. The summed E-state index contributed by atoms with van der Waals surface area (Å²) in [4.78, 5) is 0. The van der Waals surface area contributed by atoms with E-state index in [0.717, 1.165) is 23.4 Å². The van der Waals surface area contributed by atoms with E-state index < -0.39 is 11.6 Å². The second-order valence-electron chi connectivity index (χ2n) is 4.26. The number of hydrogen-bond acceptors (Lipinski definition) is 2. The normalized spacial score (nSPS) is 10.0. The predicted molar refractivity (Wildman–Crippen MR) is 82.4 cm³/mol. The molecule has 2 N–H and O–H groups in total. The molecular weight excluding hydrogens is 294 g/mol. The number of nitrogens with one attached hydrogen (secondary N) is 2. The number of anilines is 1. The van der Waals surface area contributed by atoms with Gasteiger partial charge in [-0.1, -0.05) is 18.2 Å². The van der Waals surface area contributed by atoms with Gasteiger partial charge in [0.15, 0.2) is 5.11 Å². The van der Waals surface area contributed by atoms with E-state index in [1.54, 1.807) is 7.11 Å². The first-order valence-electron chi connectivity index (χ1n) is 6.22. The number of thiocarbonyl (C=S) groups is 1. The molecule has 6 heteroatoms. The molecule has 0 saturated heterocycles. The maximum Gasteiger partial charge on any atom is 0.171 e. The molecule has 21 heavy (non-hydrogen) atoms. The van der Waals surface area contributed by atoms with Crippen LogP contribution in [0.1, 0.15) is 5.56 Å². The first kappa shape index (κ1) is 15.2. The zero-order chi connectivity index (χ0) is 15.2. The third kappa shape index (κ3) is 4.13. The van der Waals surface area contributed by atoms with Gasteiger partial charge < -0.3 is 15.4 Å². The zero-order valence-electron chi connectivity index (χ0n) is 11.3.